The lowest BCUT2D eigenvalue weighted by atomic mass is 10.1. The number of allylic oxidation sites excluding steroid dienone is 1. The summed E-state index contributed by atoms with van der Waals surface area (Å²) in [7, 11) is 0. The maximum Gasteiger partial charge on any atom is 0.303 e. The Morgan fingerprint density at radius 3 is 2.68 bits per heavy atom. The zero-order valence-electron chi connectivity index (χ0n) is 13.2. The number of hydrogen-bond donors (Lipinski definition) is 1. The van der Waals surface area contributed by atoms with E-state index in [9.17, 15) is 4.79 Å². The fraction of sp³-hybridized carbons (Fsp3) is 0.158. The molecule has 1 aromatic heterocycles. The minimum atomic E-state index is -0.798. The van der Waals surface area contributed by atoms with Gasteiger partial charge in [0, 0.05) is 16.5 Å². The smallest absolute Gasteiger partial charge is 0.303 e. The lowest BCUT2D eigenvalue weighted by molar-refractivity contribution is -0.137. The van der Waals surface area contributed by atoms with E-state index < -0.39 is 5.97 Å². The molecule has 0 bridgehead atoms. The standard InChI is InChI=1S/C19H15Cl2NO2S/c20-14-9-8-12(15(21)11-14)10-13(4-3-7-18(23)24)19-22-16-5-1-2-6-17(16)25-19/h1-2,5-6,8-11H,3-4,7H2,(H,23,24)/b13-10+. The van der Waals surface area contributed by atoms with Crippen LogP contribution in [0.5, 0.6) is 0 Å². The molecule has 0 aliphatic rings. The Kier molecular flexibility index (Phi) is 5.74. The van der Waals surface area contributed by atoms with Gasteiger partial charge >= 0.3 is 5.97 Å². The number of halogens is 2. The number of fused-ring (bicyclic) bond motifs is 1. The van der Waals surface area contributed by atoms with Gasteiger partial charge in [-0.3, -0.25) is 4.79 Å². The summed E-state index contributed by atoms with van der Waals surface area (Å²) < 4.78 is 1.10. The summed E-state index contributed by atoms with van der Waals surface area (Å²) in [6.07, 6.45) is 3.25. The molecule has 1 N–H and O–H groups in total. The summed E-state index contributed by atoms with van der Waals surface area (Å²) in [5.74, 6) is -0.798. The van der Waals surface area contributed by atoms with Crippen molar-refractivity contribution < 1.29 is 9.90 Å². The summed E-state index contributed by atoms with van der Waals surface area (Å²) in [6, 6.07) is 13.3. The first-order valence-electron chi connectivity index (χ1n) is 7.76. The van der Waals surface area contributed by atoms with Crippen LogP contribution in [0.2, 0.25) is 10.0 Å². The molecule has 0 saturated carbocycles. The fourth-order valence-corrected chi connectivity index (χ4v) is 3.96. The van der Waals surface area contributed by atoms with Crippen molar-refractivity contribution in [1.29, 1.82) is 0 Å². The van der Waals surface area contributed by atoms with Crippen molar-refractivity contribution in [2.45, 2.75) is 19.3 Å². The van der Waals surface area contributed by atoms with E-state index in [4.69, 9.17) is 28.3 Å². The second-order valence-electron chi connectivity index (χ2n) is 5.57. The van der Waals surface area contributed by atoms with Crippen molar-refractivity contribution in [3.05, 3.63) is 63.1 Å². The number of aliphatic carboxylic acids is 1. The largest absolute Gasteiger partial charge is 0.481 e. The van der Waals surface area contributed by atoms with Gasteiger partial charge in [0.2, 0.25) is 0 Å². The molecule has 0 radical (unpaired) electrons. The zero-order valence-corrected chi connectivity index (χ0v) is 15.5. The SMILES string of the molecule is O=C(O)CCC/C(=C\c1ccc(Cl)cc1Cl)c1nc2ccccc2s1. The molecule has 3 nitrogen and oxygen atoms in total. The van der Waals surface area contributed by atoms with Crippen LogP contribution in [0.3, 0.4) is 0 Å². The molecular formula is C19H15Cl2NO2S. The molecule has 3 aromatic rings. The van der Waals surface area contributed by atoms with Crippen LogP contribution in [0.4, 0.5) is 0 Å². The predicted molar refractivity (Wildman–Crippen MR) is 105 cm³/mol. The first-order valence-corrected chi connectivity index (χ1v) is 9.33. The summed E-state index contributed by atoms with van der Waals surface area (Å²) >= 11 is 13.8. The van der Waals surface area contributed by atoms with E-state index in [1.807, 2.05) is 36.4 Å². The van der Waals surface area contributed by atoms with Gasteiger partial charge in [0.1, 0.15) is 5.01 Å². The Bertz CT molecular complexity index is 917. The van der Waals surface area contributed by atoms with Gasteiger partial charge in [-0.2, -0.15) is 0 Å². The Balaban J connectivity index is 1.98. The molecule has 3 rings (SSSR count). The highest BCUT2D eigenvalue weighted by Gasteiger charge is 2.11. The second kappa shape index (κ2) is 8.00. The molecule has 25 heavy (non-hydrogen) atoms. The average molecular weight is 392 g/mol. The Hall–Kier alpha value is -1.88. The molecule has 0 aliphatic heterocycles. The van der Waals surface area contributed by atoms with Crippen LogP contribution < -0.4 is 0 Å². The van der Waals surface area contributed by atoms with Crippen molar-refractivity contribution in [3.8, 4) is 0 Å². The molecule has 0 aliphatic carbocycles. The summed E-state index contributed by atoms with van der Waals surface area (Å²) in [5.41, 5.74) is 2.76. The van der Waals surface area contributed by atoms with Gasteiger partial charge in [-0.1, -0.05) is 41.4 Å². The van der Waals surface area contributed by atoms with E-state index in [1.54, 1.807) is 23.5 Å². The van der Waals surface area contributed by atoms with E-state index >= 15 is 0 Å². The number of hydrogen-bond acceptors (Lipinski definition) is 3. The van der Waals surface area contributed by atoms with Gasteiger partial charge in [0.05, 0.1) is 10.2 Å². The first-order chi connectivity index (χ1) is 12.0. The molecule has 6 heteroatoms. The lowest BCUT2D eigenvalue weighted by Crippen LogP contribution is -1.95. The summed E-state index contributed by atoms with van der Waals surface area (Å²) in [5, 5.41) is 10.9. The zero-order chi connectivity index (χ0) is 17.8. The van der Waals surface area contributed by atoms with E-state index in [0.29, 0.717) is 22.9 Å². The van der Waals surface area contributed by atoms with Crippen LogP contribution in [0.25, 0.3) is 21.9 Å². The van der Waals surface area contributed by atoms with Crippen LogP contribution in [0.1, 0.15) is 29.8 Å². The third kappa shape index (κ3) is 4.60. The molecule has 0 saturated heterocycles. The third-order valence-electron chi connectivity index (χ3n) is 3.70. The Morgan fingerprint density at radius 1 is 1.16 bits per heavy atom. The minimum Gasteiger partial charge on any atom is -0.481 e. The number of para-hydroxylation sites is 1. The average Bonchev–Trinajstić information content (AvgIpc) is 2.99. The number of rotatable bonds is 6. The van der Waals surface area contributed by atoms with E-state index in [1.165, 1.54) is 0 Å². The second-order valence-corrected chi connectivity index (χ2v) is 7.44. The van der Waals surface area contributed by atoms with Crippen LogP contribution in [-0.4, -0.2) is 16.1 Å². The van der Waals surface area contributed by atoms with E-state index in [0.717, 1.165) is 26.4 Å². The first kappa shape index (κ1) is 17.9. The van der Waals surface area contributed by atoms with Crippen molar-refractivity contribution in [2.75, 3.05) is 0 Å². The normalized spacial score (nSPS) is 11.8. The number of carboxylic acids is 1. The van der Waals surface area contributed by atoms with Crippen LogP contribution in [0, 0.1) is 0 Å². The molecular weight excluding hydrogens is 377 g/mol. The molecule has 0 unspecified atom stereocenters. The fourth-order valence-electron chi connectivity index (χ4n) is 2.49. The Labute approximate surface area is 159 Å². The van der Waals surface area contributed by atoms with Gasteiger partial charge in [0.25, 0.3) is 0 Å². The molecule has 2 aromatic carbocycles. The number of thiazole rings is 1. The van der Waals surface area contributed by atoms with E-state index in [-0.39, 0.29) is 6.42 Å². The molecule has 0 atom stereocenters. The quantitative estimate of drug-likeness (QED) is 0.528. The van der Waals surface area contributed by atoms with Crippen LogP contribution in [-0.2, 0) is 4.79 Å². The van der Waals surface area contributed by atoms with Gasteiger partial charge in [-0.05, 0) is 54.3 Å². The lowest BCUT2D eigenvalue weighted by Gasteiger charge is -2.06. The summed E-state index contributed by atoms with van der Waals surface area (Å²) in [6.45, 7) is 0. The topological polar surface area (TPSA) is 50.2 Å². The minimum absolute atomic E-state index is 0.122. The van der Waals surface area contributed by atoms with E-state index in [2.05, 4.69) is 4.98 Å². The van der Waals surface area contributed by atoms with Gasteiger partial charge in [0.15, 0.2) is 0 Å². The number of nitrogens with zero attached hydrogens (tertiary/aromatic N) is 1. The highest BCUT2D eigenvalue weighted by Crippen LogP contribution is 2.33. The third-order valence-corrected chi connectivity index (χ3v) is 5.37. The maximum atomic E-state index is 10.8. The molecule has 0 amide bonds. The van der Waals surface area contributed by atoms with Crippen molar-refractivity contribution in [2.24, 2.45) is 0 Å². The van der Waals surface area contributed by atoms with Gasteiger partial charge < -0.3 is 5.11 Å². The van der Waals surface area contributed by atoms with Gasteiger partial charge in [-0.25, -0.2) is 4.98 Å². The highest BCUT2D eigenvalue weighted by molar-refractivity contribution is 7.19. The monoisotopic (exact) mass is 391 g/mol. The Morgan fingerprint density at radius 2 is 1.96 bits per heavy atom. The van der Waals surface area contributed by atoms with Crippen LogP contribution in [0.15, 0.2) is 42.5 Å². The molecule has 0 fully saturated rings. The number of carboxylic acid groups (broad SMARTS) is 1. The molecule has 1 heterocycles. The highest BCUT2D eigenvalue weighted by atomic mass is 35.5. The number of carbonyl (C=O) groups is 1. The van der Waals surface area contributed by atoms with Gasteiger partial charge in [-0.15, -0.1) is 11.3 Å². The molecule has 0 spiro atoms. The summed E-state index contributed by atoms with van der Waals surface area (Å²) in [4.78, 5) is 15.5. The van der Waals surface area contributed by atoms with Crippen molar-refractivity contribution in [1.82, 2.24) is 4.98 Å². The maximum absolute atomic E-state index is 10.8. The van der Waals surface area contributed by atoms with Crippen molar-refractivity contribution >= 4 is 62.4 Å². The predicted octanol–water partition coefficient (Wildman–Crippen LogP) is 6.40. The number of aromatic nitrogens is 1. The number of benzene rings is 2. The molecule has 128 valence electrons. The van der Waals surface area contributed by atoms with Crippen molar-refractivity contribution in [3.63, 3.8) is 0 Å². The van der Waals surface area contributed by atoms with Crippen LogP contribution >= 0.6 is 34.5 Å².